The van der Waals surface area contributed by atoms with Crippen LogP contribution in [-0.2, 0) is 13.0 Å². The summed E-state index contributed by atoms with van der Waals surface area (Å²) in [6, 6.07) is 10.4. The molecule has 2 N–H and O–H groups in total. The highest BCUT2D eigenvalue weighted by atomic mass is 16.5. The Balaban J connectivity index is 1.67. The second-order valence-corrected chi connectivity index (χ2v) is 7.51. The Kier molecular flexibility index (Phi) is 5.34. The monoisotopic (exact) mass is 389 g/mol. The van der Waals surface area contributed by atoms with Crippen molar-refractivity contribution in [1.29, 1.82) is 0 Å². The number of hydrogen-bond donors (Lipinski definition) is 1. The SMILES string of the molecule is CCCc1cc(N2CCOc3ccc(-c4cnc(C)c(N)c4)cc3C2)nc(C)n1. The number of rotatable bonds is 4. The van der Waals surface area contributed by atoms with Gasteiger partial charge in [0.1, 0.15) is 24.0 Å². The van der Waals surface area contributed by atoms with Crippen LogP contribution in [0.3, 0.4) is 0 Å². The summed E-state index contributed by atoms with van der Waals surface area (Å²) >= 11 is 0. The molecule has 0 saturated carbocycles. The third-order valence-corrected chi connectivity index (χ3v) is 5.21. The van der Waals surface area contributed by atoms with Crippen LogP contribution in [0.5, 0.6) is 5.75 Å². The summed E-state index contributed by atoms with van der Waals surface area (Å²) in [5.74, 6) is 2.69. The predicted octanol–water partition coefficient (Wildman–Crippen LogP) is 4.09. The molecule has 0 atom stereocenters. The lowest BCUT2D eigenvalue weighted by Crippen LogP contribution is -2.26. The Labute approximate surface area is 171 Å². The lowest BCUT2D eigenvalue weighted by atomic mass is 10.0. The van der Waals surface area contributed by atoms with Gasteiger partial charge in [-0.3, -0.25) is 4.98 Å². The number of nitrogens with zero attached hydrogens (tertiary/aromatic N) is 4. The number of benzene rings is 1. The Morgan fingerprint density at radius 2 is 1.97 bits per heavy atom. The molecule has 1 aliphatic rings. The topological polar surface area (TPSA) is 77.2 Å². The maximum Gasteiger partial charge on any atom is 0.132 e. The minimum atomic E-state index is 0.623. The Morgan fingerprint density at radius 1 is 1.10 bits per heavy atom. The summed E-state index contributed by atoms with van der Waals surface area (Å²) in [5, 5.41) is 0. The van der Waals surface area contributed by atoms with Crippen LogP contribution in [0.4, 0.5) is 11.5 Å². The van der Waals surface area contributed by atoms with E-state index in [9.17, 15) is 0 Å². The highest BCUT2D eigenvalue weighted by Gasteiger charge is 2.18. The molecule has 2 aromatic heterocycles. The van der Waals surface area contributed by atoms with Gasteiger partial charge >= 0.3 is 0 Å². The molecular formula is C23H27N5O. The number of nitrogen functional groups attached to an aromatic ring is 1. The third-order valence-electron chi connectivity index (χ3n) is 5.21. The van der Waals surface area contributed by atoms with Gasteiger partial charge in [-0.1, -0.05) is 19.4 Å². The van der Waals surface area contributed by atoms with Gasteiger partial charge in [-0.25, -0.2) is 9.97 Å². The standard InChI is InChI=1S/C23H27N5O/c1-4-5-20-12-23(27-16(3)26-20)28-8-9-29-22-7-6-17(10-19(22)14-28)18-11-21(24)15(2)25-13-18/h6-7,10-13H,4-5,8-9,14,24H2,1-3H3. The van der Waals surface area contributed by atoms with Gasteiger partial charge in [0.2, 0.25) is 0 Å². The van der Waals surface area contributed by atoms with Gasteiger partial charge in [0.25, 0.3) is 0 Å². The highest BCUT2D eigenvalue weighted by Crippen LogP contribution is 2.31. The molecule has 1 aromatic carbocycles. The Bertz CT molecular complexity index is 1030. The molecule has 1 aliphatic heterocycles. The number of fused-ring (bicyclic) bond motifs is 1. The lowest BCUT2D eigenvalue weighted by Gasteiger charge is -2.22. The number of aromatic nitrogens is 3. The van der Waals surface area contributed by atoms with Crippen LogP contribution in [-0.4, -0.2) is 28.1 Å². The van der Waals surface area contributed by atoms with Gasteiger partial charge in [0, 0.05) is 35.6 Å². The summed E-state index contributed by atoms with van der Waals surface area (Å²) < 4.78 is 6.02. The van der Waals surface area contributed by atoms with Crippen LogP contribution in [0.25, 0.3) is 11.1 Å². The van der Waals surface area contributed by atoms with Crippen molar-refractivity contribution < 1.29 is 4.74 Å². The summed E-state index contributed by atoms with van der Waals surface area (Å²) in [7, 11) is 0. The molecule has 29 heavy (non-hydrogen) atoms. The normalized spacial score (nSPS) is 13.6. The average Bonchev–Trinajstić information content (AvgIpc) is 2.92. The van der Waals surface area contributed by atoms with Crippen LogP contribution < -0.4 is 15.4 Å². The van der Waals surface area contributed by atoms with Gasteiger partial charge in [-0.15, -0.1) is 0 Å². The molecule has 0 fully saturated rings. The minimum absolute atomic E-state index is 0.623. The molecule has 6 nitrogen and oxygen atoms in total. The Morgan fingerprint density at radius 3 is 2.76 bits per heavy atom. The van der Waals surface area contributed by atoms with E-state index < -0.39 is 0 Å². The number of anilines is 2. The molecule has 4 rings (SSSR count). The van der Waals surface area contributed by atoms with E-state index in [-0.39, 0.29) is 0 Å². The molecule has 3 aromatic rings. The number of nitrogens with two attached hydrogens (primary N) is 1. The van der Waals surface area contributed by atoms with Crippen LogP contribution in [0.1, 0.15) is 36.1 Å². The van der Waals surface area contributed by atoms with E-state index in [2.05, 4.69) is 45.0 Å². The van der Waals surface area contributed by atoms with Gasteiger partial charge in [-0.2, -0.15) is 0 Å². The zero-order chi connectivity index (χ0) is 20.4. The first kappa shape index (κ1) is 19.2. The van der Waals surface area contributed by atoms with E-state index in [0.717, 1.165) is 71.4 Å². The van der Waals surface area contributed by atoms with Crippen molar-refractivity contribution in [3.63, 3.8) is 0 Å². The zero-order valence-corrected chi connectivity index (χ0v) is 17.3. The number of ether oxygens (including phenoxy) is 1. The van der Waals surface area contributed by atoms with Crippen LogP contribution in [0.15, 0.2) is 36.5 Å². The van der Waals surface area contributed by atoms with E-state index in [4.69, 9.17) is 10.5 Å². The molecule has 150 valence electrons. The molecule has 0 amide bonds. The molecule has 0 saturated heterocycles. The van der Waals surface area contributed by atoms with Gasteiger partial charge in [0.15, 0.2) is 0 Å². The molecule has 3 heterocycles. The smallest absolute Gasteiger partial charge is 0.132 e. The number of pyridine rings is 1. The fourth-order valence-corrected chi connectivity index (χ4v) is 3.64. The molecule has 0 spiro atoms. The number of hydrogen-bond acceptors (Lipinski definition) is 6. The van der Waals surface area contributed by atoms with E-state index in [0.29, 0.717) is 12.3 Å². The van der Waals surface area contributed by atoms with Crippen molar-refractivity contribution in [2.45, 2.75) is 40.2 Å². The third kappa shape index (κ3) is 4.16. The van der Waals surface area contributed by atoms with Crippen molar-refractivity contribution >= 4 is 11.5 Å². The maximum atomic E-state index is 6.06. The quantitative estimate of drug-likeness (QED) is 0.724. The Hall–Kier alpha value is -3.15. The van der Waals surface area contributed by atoms with Gasteiger partial charge in [-0.05, 0) is 44.0 Å². The van der Waals surface area contributed by atoms with Crippen molar-refractivity contribution in [3.05, 3.63) is 59.3 Å². The first-order valence-electron chi connectivity index (χ1n) is 10.1. The summed E-state index contributed by atoms with van der Waals surface area (Å²) in [4.78, 5) is 15.9. The van der Waals surface area contributed by atoms with Crippen molar-refractivity contribution in [2.75, 3.05) is 23.8 Å². The van der Waals surface area contributed by atoms with Crippen molar-refractivity contribution in [2.24, 2.45) is 0 Å². The summed E-state index contributed by atoms with van der Waals surface area (Å²) in [5.41, 5.74) is 11.9. The molecule has 0 bridgehead atoms. The first-order chi connectivity index (χ1) is 14.0. The van der Waals surface area contributed by atoms with E-state index >= 15 is 0 Å². The molecule has 0 unspecified atom stereocenters. The van der Waals surface area contributed by atoms with Crippen molar-refractivity contribution in [3.8, 4) is 16.9 Å². The highest BCUT2D eigenvalue weighted by molar-refractivity contribution is 5.69. The van der Waals surface area contributed by atoms with E-state index in [1.54, 1.807) is 0 Å². The van der Waals surface area contributed by atoms with Crippen LogP contribution >= 0.6 is 0 Å². The molecule has 6 heteroatoms. The summed E-state index contributed by atoms with van der Waals surface area (Å²) in [6.45, 7) is 8.18. The largest absolute Gasteiger partial charge is 0.491 e. The molecule has 0 aliphatic carbocycles. The zero-order valence-electron chi connectivity index (χ0n) is 17.3. The lowest BCUT2D eigenvalue weighted by molar-refractivity contribution is 0.331. The fourth-order valence-electron chi connectivity index (χ4n) is 3.64. The van der Waals surface area contributed by atoms with Gasteiger partial charge in [0.05, 0.1) is 17.9 Å². The molecule has 0 radical (unpaired) electrons. The molecular weight excluding hydrogens is 362 g/mol. The minimum Gasteiger partial charge on any atom is -0.491 e. The maximum absolute atomic E-state index is 6.06. The van der Waals surface area contributed by atoms with Crippen molar-refractivity contribution in [1.82, 2.24) is 15.0 Å². The first-order valence-corrected chi connectivity index (χ1v) is 10.1. The fraction of sp³-hybridized carbons (Fsp3) is 0.348. The number of aryl methyl sites for hydroxylation is 3. The second-order valence-electron chi connectivity index (χ2n) is 7.51. The van der Waals surface area contributed by atoms with Gasteiger partial charge < -0.3 is 15.4 Å². The second kappa shape index (κ2) is 8.07. The average molecular weight is 390 g/mol. The predicted molar refractivity (Wildman–Crippen MR) is 116 cm³/mol. The van der Waals surface area contributed by atoms with E-state index in [1.165, 1.54) is 0 Å². The van der Waals surface area contributed by atoms with E-state index in [1.807, 2.05) is 32.2 Å². The van der Waals surface area contributed by atoms with Crippen LogP contribution in [0, 0.1) is 13.8 Å². The summed E-state index contributed by atoms with van der Waals surface area (Å²) in [6.07, 6.45) is 3.90. The van der Waals surface area contributed by atoms with Crippen LogP contribution in [0.2, 0.25) is 0 Å².